The normalized spacial score (nSPS) is 26.6. The number of carbonyl (C=O) groups excluding carboxylic acids is 1. The SMILES string of the molecule is C[C@@]1(C#N)COCc2ccc(C(=O)NCc3cc(N4CCC5CCCCC5C4)ccn3)cc21. The number of anilines is 1. The smallest absolute Gasteiger partial charge is 0.251 e. The van der Waals surface area contributed by atoms with E-state index in [4.69, 9.17) is 4.74 Å². The van der Waals surface area contributed by atoms with E-state index in [0.29, 0.717) is 25.3 Å². The highest BCUT2D eigenvalue weighted by Crippen LogP contribution is 2.37. The topological polar surface area (TPSA) is 78.2 Å². The van der Waals surface area contributed by atoms with Crippen molar-refractivity contribution >= 4 is 11.6 Å². The maximum atomic E-state index is 12.9. The molecule has 2 aromatic rings. The number of nitrogens with one attached hydrogen (secondary N) is 1. The number of amides is 1. The zero-order valence-corrected chi connectivity index (χ0v) is 19.3. The van der Waals surface area contributed by atoms with Crippen molar-refractivity contribution in [3.63, 3.8) is 0 Å². The molecule has 0 spiro atoms. The van der Waals surface area contributed by atoms with Crippen molar-refractivity contribution in [1.29, 1.82) is 5.26 Å². The summed E-state index contributed by atoms with van der Waals surface area (Å²) in [5.74, 6) is 1.57. The molecule has 33 heavy (non-hydrogen) atoms. The standard InChI is InChI=1S/C27H32N4O2/c1-27(17-28)18-33-16-22-7-6-20(12-25(22)27)26(32)30-14-23-13-24(8-10-29-23)31-11-9-19-4-2-3-5-21(19)15-31/h6-8,10,12-13,19,21H,2-5,9,11,14-16,18H2,1H3,(H,30,32)/t19?,21?,27-/m1/s1. The van der Waals surface area contributed by atoms with Crippen molar-refractivity contribution in [2.75, 3.05) is 24.6 Å². The zero-order valence-electron chi connectivity index (χ0n) is 19.3. The number of carbonyl (C=O) groups is 1. The Balaban J connectivity index is 1.25. The second-order valence-corrected chi connectivity index (χ2v) is 10.0. The average molecular weight is 445 g/mol. The maximum absolute atomic E-state index is 12.9. The van der Waals surface area contributed by atoms with Crippen LogP contribution in [0.1, 0.15) is 66.2 Å². The largest absolute Gasteiger partial charge is 0.375 e. The highest BCUT2D eigenvalue weighted by atomic mass is 16.5. The molecule has 1 aromatic carbocycles. The Morgan fingerprint density at radius 1 is 1.24 bits per heavy atom. The highest BCUT2D eigenvalue weighted by Gasteiger charge is 2.34. The van der Waals surface area contributed by atoms with Gasteiger partial charge in [-0.3, -0.25) is 9.78 Å². The number of fused-ring (bicyclic) bond motifs is 2. The Hall–Kier alpha value is -2.91. The molecule has 2 aliphatic heterocycles. The molecule has 3 aliphatic rings. The number of nitriles is 1. The number of piperidine rings is 1. The van der Waals surface area contributed by atoms with Gasteiger partial charge in [-0.25, -0.2) is 0 Å². The third kappa shape index (κ3) is 4.47. The fraction of sp³-hybridized carbons (Fsp3) is 0.519. The Labute approximate surface area is 196 Å². The van der Waals surface area contributed by atoms with Gasteiger partial charge < -0.3 is 15.0 Å². The summed E-state index contributed by atoms with van der Waals surface area (Å²) in [6.07, 6.45) is 8.65. The molecular formula is C27H32N4O2. The molecule has 3 atom stereocenters. The summed E-state index contributed by atoms with van der Waals surface area (Å²) in [5, 5.41) is 12.6. The van der Waals surface area contributed by atoms with Crippen LogP contribution < -0.4 is 10.2 Å². The number of aromatic nitrogens is 1. The number of rotatable bonds is 4. The molecule has 1 saturated carbocycles. The van der Waals surface area contributed by atoms with Crippen LogP contribution in [0.2, 0.25) is 0 Å². The third-order valence-electron chi connectivity index (χ3n) is 7.75. The first kappa shape index (κ1) is 21.9. The minimum atomic E-state index is -0.731. The molecule has 1 aliphatic carbocycles. The van der Waals surface area contributed by atoms with Crippen molar-refractivity contribution in [3.05, 3.63) is 58.9 Å². The minimum absolute atomic E-state index is 0.153. The summed E-state index contributed by atoms with van der Waals surface area (Å²) in [4.78, 5) is 19.9. The summed E-state index contributed by atoms with van der Waals surface area (Å²) >= 11 is 0. The van der Waals surface area contributed by atoms with Gasteiger partial charge in [0.2, 0.25) is 0 Å². The summed E-state index contributed by atoms with van der Waals surface area (Å²) in [7, 11) is 0. The second kappa shape index (κ2) is 9.15. The van der Waals surface area contributed by atoms with Gasteiger partial charge in [-0.05, 0) is 67.0 Å². The van der Waals surface area contributed by atoms with E-state index in [1.807, 2.05) is 25.3 Å². The van der Waals surface area contributed by atoms with E-state index >= 15 is 0 Å². The van der Waals surface area contributed by atoms with Crippen LogP contribution in [0.4, 0.5) is 5.69 Å². The van der Waals surface area contributed by atoms with E-state index in [2.05, 4.69) is 33.4 Å². The predicted molar refractivity (Wildman–Crippen MR) is 127 cm³/mol. The van der Waals surface area contributed by atoms with Gasteiger partial charge >= 0.3 is 0 Å². The molecule has 2 fully saturated rings. The second-order valence-electron chi connectivity index (χ2n) is 10.0. The van der Waals surface area contributed by atoms with Gasteiger partial charge in [0.25, 0.3) is 5.91 Å². The molecule has 2 unspecified atom stereocenters. The molecule has 1 N–H and O–H groups in total. The van der Waals surface area contributed by atoms with Crippen molar-refractivity contribution in [2.24, 2.45) is 11.8 Å². The van der Waals surface area contributed by atoms with Crippen LogP contribution in [0.15, 0.2) is 36.5 Å². The Bertz CT molecular complexity index is 1080. The van der Waals surface area contributed by atoms with E-state index in [9.17, 15) is 10.1 Å². The molecule has 3 heterocycles. The highest BCUT2D eigenvalue weighted by molar-refractivity contribution is 5.94. The number of nitrogens with zero attached hydrogens (tertiary/aromatic N) is 3. The molecule has 172 valence electrons. The number of pyridine rings is 1. The van der Waals surface area contributed by atoms with Crippen LogP contribution in [-0.4, -0.2) is 30.6 Å². The number of hydrogen-bond donors (Lipinski definition) is 1. The number of benzene rings is 1. The molecule has 6 heteroatoms. The Kier molecular flexibility index (Phi) is 6.07. The molecule has 1 aromatic heterocycles. The van der Waals surface area contributed by atoms with Gasteiger partial charge in [0, 0.05) is 30.5 Å². The van der Waals surface area contributed by atoms with E-state index in [1.54, 1.807) is 6.07 Å². The fourth-order valence-electron chi connectivity index (χ4n) is 5.76. The first-order valence-corrected chi connectivity index (χ1v) is 12.2. The van der Waals surface area contributed by atoms with Crippen LogP contribution in [0.3, 0.4) is 0 Å². The van der Waals surface area contributed by atoms with E-state index in [-0.39, 0.29) is 5.91 Å². The quantitative estimate of drug-likeness (QED) is 0.759. The van der Waals surface area contributed by atoms with Crippen LogP contribution in [0, 0.1) is 23.2 Å². The monoisotopic (exact) mass is 444 g/mol. The van der Waals surface area contributed by atoms with Crippen LogP contribution in [0.25, 0.3) is 0 Å². The lowest BCUT2D eigenvalue weighted by Gasteiger charge is -2.42. The summed E-state index contributed by atoms with van der Waals surface area (Å²) in [5.41, 5.74) is 3.75. The zero-order chi connectivity index (χ0) is 22.8. The van der Waals surface area contributed by atoms with Crippen LogP contribution in [0.5, 0.6) is 0 Å². The van der Waals surface area contributed by atoms with Crippen molar-refractivity contribution in [2.45, 2.75) is 57.6 Å². The molecule has 6 nitrogen and oxygen atoms in total. The molecule has 0 radical (unpaired) electrons. The summed E-state index contributed by atoms with van der Waals surface area (Å²) in [6.45, 7) is 5.30. The number of ether oxygens (including phenoxy) is 1. The van der Waals surface area contributed by atoms with Gasteiger partial charge in [-0.2, -0.15) is 5.26 Å². The first-order valence-electron chi connectivity index (χ1n) is 12.2. The minimum Gasteiger partial charge on any atom is -0.375 e. The van der Waals surface area contributed by atoms with Gasteiger partial charge in [0.15, 0.2) is 0 Å². The van der Waals surface area contributed by atoms with Gasteiger partial charge in [-0.1, -0.05) is 25.3 Å². The lowest BCUT2D eigenvalue weighted by molar-refractivity contribution is 0.0757. The van der Waals surface area contributed by atoms with Gasteiger partial charge in [-0.15, -0.1) is 0 Å². The molecule has 1 amide bonds. The fourth-order valence-corrected chi connectivity index (χ4v) is 5.76. The van der Waals surface area contributed by atoms with E-state index in [0.717, 1.165) is 41.7 Å². The average Bonchev–Trinajstić information content (AvgIpc) is 2.87. The van der Waals surface area contributed by atoms with Crippen molar-refractivity contribution in [3.8, 4) is 6.07 Å². The molecular weight excluding hydrogens is 412 g/mol. The summed E-state index contributed by atoms with van der Waals surface area (Å²) in [6, 6.07) is 12.1. The lowest BCUT2D eigenvalue weighted by Crippen LogP contribution is -2.41. The third-order valence-corrected chi connectivity index (χ3v) is 7.75. The molecule has 1 saturated heterocycles. The van der Waals surface area contributed by atoms with Crippen molar-refractivity contribution in [1.82, 2.24) is 10.3 Å². The molecule has 0 bridgehead atoms. The predicted octanol–water partition coefficient (Wildman–Crippen LogP) is 4.34. The van der Waals surface area contributed by atoms with Crippen molar-refractivity contribution < 1.29 is 9.53 Å². The van der Waals surface area contributed by atoms with E-state index < -0.39 is 5.41 Å². The molecule has 5 rings (SSSR count). The Morgan fingerprint density at radius 2 is 2.09 bits per heavy atom. The number of hydrogen-bond acceptors (Lipinski definition) is 5. The maximum Gasteiger partial charge on any atom is 0.251 e. The van der Waals surface area contributed by atoms with E-state index in [1.165, 1.54) is 37.8 Å². The Morgan fingerprint density at radius 3 is 2.94 bits per heavy atom. The summed E-state index contributed by atoms with van der Waals surface area (Å²) < 4.78 is 5.56. The first-order chi connectivity index (χ1) is 16.1. The lowest BCUT2D eigenvalue weighted by atomic mass is 9.75. The van der Waals surface area contributed by atoms with Gasteiger partial charge in [0.1, 0.15) is 5.41 Å². The van der Waals surface area contributed by atoms with Crippen LogP contribution in [-0.2, 0) is 23.3 Å². The van der Waals surface area contributed by atoms with Crippen LogP contribution >= 0.6 is 0 Å². The van der Waals surface area contributed by atoms with Gasteiger partial charge in [0.05, 0.1) is 31.5 Å².